The Morgan fingerprint density at radius 2 is 2.00 bits per heavy atom. The van der Waals surface area contributed by atoms with E-state index in [1.807, 2.05) is 58.0 Å². The number of hydrogen-bond donors (Lipinski definition) is 0. The van der Waals surface area contributed by atoms with Crippen LogP contribution < -0.4 is 0 Å². The minimum atomic E-state index is -0.591. The zero-order chi connectivity index (χ0) is 23.0. The second kappa shape index (κ2) is 8.58. The van der Waals surface area contributed by atoms with Crippen molar-refractivity contribution < 1.29 is 14.4 Å². The highest BCUT2D eigenvalue weighted by molar-refractivity contribution is 6.30. The fraction of sp³-hybridized carbons (Fsp3) is 0.400. The molecular formula is C25H28ClN3O3. The van der Waals surface area contributed by atoms with E-state index in [1.54, 1.807) is 9.80 Å². The van der Waals surface area contributed by atoms with Crippen LogP contribution in [0.1, 0.15) is 59.3 Å². The van der Waals surface area contributed by atoms with Crippen LogP contribution in [0.2, 0.25) is 5.02 Å². The highest BCUT2D eigenvalue weighted by atomic mass is 35.5. The van der Waals surface area contributed by atoms with Gasteiger partial charge in [0.2, 0.25) is 5.91 Å². The van der Waals surface area contributed by atoms with Crippen LogP contribution in [0.4, 0.5) is 0 Å². The number of halogens is 1. The molecule has 0 aliphatic carbocycles. The molecule has 2 aliphatic heterocycles. The molecule has 1 unspecified atom stereocenters. The van der Waals surface area contributed by atoms with E-state index in [1.165, 1.54) is 0 Å². The molecular weight excluding hydrogens is 426 g/mol. The Kier molecular flexibility index (Phi) is 5.99. The van der Waals surface area contributed by atoms with Gasteiger partial charge in [0.1, 0.15) is 6.54 Å². The summed E-state index contributed by atoms with van der Waals surface area (Å²) in [5.74, 6) is -0.118. The number of carbonyl (C=O) groups is 2. The molecule has 4 rings (SSSR count). The second-order valence-corrected chi connectivity index (χ2v) is 9.32. The molecule has 1 atom stereocenters. The van der Waals surface area contributed by atoms with Gasteiger partial charge >= 0.3 is 0 Å². The molecule has 2 aromatic rings. The van der Waals surface area contributed by atoms with Crippen molar-refractivity contribution in [2.24, 2.45) is 5.16 Å². The third-order valence-electron chi connectivity index (χ3n) is 6.11. The first kappa shape index (κ1) is 22.3. The number of aryl methyl sites for hydroxylation is 2. The predicted molar refractivity (Wildman–Crippen MR) is 125 cm³/mol. The van der Waals surface area contributed by atoms with Crippen molar-refractivity contribution in [1.29, 1.82) is 0 Å². The third kappa shape index (κ3) is 4.24. The lowest BCUT2D eigenvalue weighted by Crippen LogP contribution is -2.32. The Bertz CT molecular complexity index is 1090. The third-order valence-corrected chi connectivity index (χ3v) is 6.32. The van der Waals surface area contributed by atoms with Gasteiger partial charge in [0.25, 0.3) is 5.91 Å². The number of carbonyl (C=O) groups excluding carboxylic acids is 2. The van der Waals surface area contributed by atoms with Gasteiger partial charge in [0.05, 0.1) is 12.4 Å². The van der Waals surface area contributed by atoms with E-state index >= 15 is 0 Å². The van der Waals surface area contributed by atoms with Gasteiger partial charge in [-0.1, -0.05) is 35.8 Å². The number of amides is 2. The van der Waals surface area contributed by atoms with Crippen LogP contribution in [-0.4, -0.2) is 47.1 Å². The average molecular weight is 454 g/mol. The molecule has 0 radical (unpaired) electrons. The zero-order valence-corrected chi connectivity index (χ0v) is 19.7. The molecule has 32 heavy (non-hydrogen) atoms. The molecule has 0 spiro atoms. The van der Waals surface area contributed by atoms with Crippen molar-refractivity contribution in [3.63, 3.8) is 0 Å². The first-order valence-electron chi connectivity index (χ1n) is 10.9. The van der Waals surface area contributed by atoms with E-state index in [0.717, 1.165) is 34.4 Å². The topological polar surface area (TPSA) is 62.2 Å². The van der Waals surface area contributed by atoms with Gasteiger partial charge in [0, 0.05) is 23.6 Å². The average Bonchev–Trinajstić information content (AvgIpc) is 3.31. The van der Waals surface area contributed by atoms with E-state index in [-0.39, 0.29) is 18.4 Å². The molecule has 1 saturated heterocycles. The molecule has 0 N–H and O–H groups in total. The van der Waals surface area contributed by atoms with Crippen LogP contribution >= 0.6 is 11.6 Å². The number of nitrogens with zero attached hydrogens (tertiary/aromatic N) is 3. The van der Waals surface area contributed by atoms with Crippen LogP contribution in [0.25, 0.3) is 0 Å². The molecule has 1 fully saturated rings. The lowest BCUT2D eigenvalue weighted by molar-refractivity contribution is -0.126. The number of benzene rings is 2. The lowest BCUT2D eigenvalue weighted by Gasteiger charge is -2.22. The monoisotopic (exact) mass is 453 g/mol. The molecule has 7 heteroatoms. The zero-order valence-electron chi connectivity index (χ0n) is 18.9. The molecule has 0 aromatic heterocycles. The van der Waals surface area contributed by atoms with Crippen LogP contribution in [0.5, 0.6) is 0 Å². The molecule has 168 valence electrons. The summed E-state index contributed by atoms with van der Waals surface area (Å²) < 4.78 is 0. The van der Waals surface area contributed by atoms with Crippen molar-refractivity contribution in [3.8, 4) is 0 Å². The predicted octanol–water partition coefficient (Wildman–Crippen LogP) is 4.65. The number of rotatable bonds is 5. The van der Waals surface area contributed by atoms with E-state index in [2.05, 4.69) is 11.2 Å². The van der Waals surface area contributed by atoms with Gasteiger partial charge in [-0.3, -0.25) is 9.59 Å². The highest BCUT2D eigenvalue weighted by Crippen LogP contribution is 2.37. The fourth-order valence-electron chi connectivity index (χ4n) is 4.34. The standard InChI is InChI=1S/C25H28ClN3O3/c1-5-8-28-15-29(14-23(28)30)24(31)21-7-6-18(11-17(21)3)22-13-25(4,32-27-22)19-9-16(2)10-20(26)12-19/h6-7,9-12H,5,8,13-15H2,1-4H3. The summed E-state index contributed by atoms with van der Waals surface area (Å²) in [7, 11) is 0. The van der Waals surface area contributed by atoms with Crippen LogP contribution in [0.3, 0.4) is 0 Å². The molecule has 2 heterocycles. The van der Waals surface area contributed by atoms with Gasteiger partial charge < -0.3 is 14.6 Å². The normalized spacial score (nSPS) is 20.5. The van der Waals surface area contributed by atoms with Gasteiger partial charge in [-0.15, -0.1) is 0 Å². The summed E-state index contributed by atoms with van der Waals surface area (Å²) >= 11 is 6.25. The molecule has 2 aliphatic rings. The summed E-state index contributed by atoms with van der Waals surface area (Å²) in [4.78, 5) is 34.4. The molecule has 0 bridgehead atoms. The maximum absolute atomic E-state index is 13.0. The summed E-state index contributed by atoms with van der Waals surface area (Å²) in [5.41, 5.74) is 4.68. The van der Waals surface area contributed by atoms with E-state index < -0.39 is 5.60 Å². The summed E-state index contributed by atoms with van der Waals surface area (Å²) in [6.45, 7) is 9.10. The van der Waals surface area contributed by atoms with Crippen LogP contribution in [0.15, 0.2) is 41.6 Å². The van der Waals surface area contributed by atoms with Gasteiger partial charge in [-0.25, -0.2) is 0 Å². The molecule has 2 aromatic carbocycles. The van der Waals surface area contributed by atoms with Crippen molar-refractivity contribution in [2.45, 2.75) is 46.1 Å². The van der Waals surface area contributed by atoms with Gasteiger partial charge in [-0.2, -0.15) is 0 Å². The first-order valence-corrected chi connectivity index (χ1v) is 11.3. The molecule has 6 nitrogen and oxygen atoms in total. The van der Waals surface area contributed by atoms with Crippen LogP contribution in [-0.2, 0) is 15.2 Å². The van der Waals surface area contributed by atoms with Crippen molar-refractivity contribution >= 4 is 29.1 Å². The lowest BCUT2D eigenvalue weighted by atomic mass is 9.88. The SMILES string of the molecule is CCCN1CN(C(=O)c2ccc(C3=NOC(C)(c4cc(C)cc(Cl)c4)C3)cc2C)CC1=O. The van der Waals surface area contributed by atoms with Gasteiger partial charge in [-0.05, 0) is 73.7 Å². The molecule has 0 saturated carbocycles. The Morgan fingerprint density at radius 1 is 1.22 bits per heavy atom. The Balaban J connectivity index is 1.50. The maximum Gasteiger partial charge on any atom is 0.256 e. The second-order valence-electron chi connectivity index (χ2n) is 8.89. The van der Waals surface area contributed by atoms with E-state index in [9.17, 15) is 9.59 Å². The first-order chi connectivity index (χ1) is 15.2. The summed E-state index contributed by atoms with van der Waals surface area (Å²) in [6, 6.07) is 11.6. The van der Waals surface area contributed by atoms with Crippen molar-refractivity contribution in [1.82, 2.24) is 9.80 Å². The largest absolute Gasteiger partial charge is 0.384 e. The maximum atomic E-state index is 13.0. The summed E-state index contributed by atoms with van der Waals surface area (Å²) in [6.07, 6.45) is 1.48. The Morgan fingerprint density at radius 3 is 2.69 bits per heavy atom. The highest BCUT2D eigenvalue weighted by Gasteiger charge is 2.37. The van der Waals surface area contributed by atoms with Crippen molar-refractivity contribution in [2.75, 3.05) is 19.8 Å². The summed E-state index contributed by atoms with van der Waals surface area (Å²) in [5, 5.41) is 5.03. The Hall–Kier alpha value is -2.86. The quantitative estimate of drug-likeness (QED) is 0.662. The number of oxime groups is 1. The van der Waals surface area contributed by atoms with Gasteiger partial charge in [0.15, 0.2) is 5.60 Å². The molecule has 2 amide bonds. The van der Waals surface area contributed by atoms with Crippen LogP contribution in [0, 0.1) is 13.8 Å². The van der Waals surface area contributed by atoms with Crippen molar-refractivity contribution in [3.05, 3.63) is 69.2 Å². The Labute approximate surface area is 193 Å². The minimum Gasteiger partial charge on any atom is -0.384 e. The van der Waals surface area contributed by atoms with E-state index in [0.29, 0.717) is 30.2 Å². The minimum absolute atomic E-state index is 0.00229. The van der Waals surface area contributed by atoms with E-state index in [4.69, 9.17) is 16.4 Å². The smallest absolute Gasteiger partial charge is 0.256 e. The fourth-order valence-corrected chi connectivity index (χ4v) is 4.63. The number of hydrogen-bond acceptors (Lipinski definition) is 4.